The number of benzene rings is 1. The van der Waals surface area contributed by atoms with Gasteiger partial charge in [-0.3, -0.25) is 4.79 Å². The van der Waals surface area contributed by atoms with Crippen LogP contribution in [-0.2, 0) is 10.0 Å². The van der Waals surface area contributed by atoms with Gasteiger partial charge in [0.1, 0.15) is 0 Å². The maximum atomic E-state index is 12.3. The molecule has 0 saturated heterocycles. The fourth-order valence-corrected chi connectivity index (χ4v) is 2.70. The molecule has 1 rings (SSSR count). The Morgan fingerprint density at radius 3 is 2.20 bits per heavy atom. The molecule has 1 aromatic rings. The molecule has 0 saturated carbocycles. The lowest BCUT2D eigenvalue weighted by Crippen LogP contribution is -2.31. The highest BCUT2D eigenvalue weighted by atomic mass is 32.2. The van der Waals surface area contributed by atoms with Gasteiger partial charge in [-0.15, -0.1) is 0 Å². The number of hydrogen-bond donors (Lipinski definition) is 1. The van der Waals surface area contributed by atoms with Crippen molar-refractivity contribution in [3.63, 3.8) is 0 Å². The lowest BCUT2D eigenvalue weighted by Gasteiger charge is -2.20. The molecule has 0 bridgehead atoms. The van der Waals surface area contributed by atoms with Gasteiger partial charge in [0.15, 0.2) is 0 Å². The Morgan fingerprint density at radius 1 is 1.20 bits per heavy atom. The van der Waals surface area contributed by atoms with Gasteiger partial charge in [-0.05, 0) is 32.0 Å². The zero-order chi connectivity index (χ0) is 15.5. The second-order valence-corrected chi connectivity index (χ2v) is 6.67. The maximum Gasteiger partial charge on any atom is 0.255 e. The first-order valence-corrected chi connectivity index (χ1v) is 7.81. The van der Waals surface area contributed by atoms with E-state index in [1.165, 1.54) is 32.3 Å². The largest absolute Gasteiger partial charge is 0.398 e. The molecular formula is C13H21N3O3S. The Balaban J connectivity index is 3.33. The van der Waals surface area contributed by atoms with Gasteiger partial charge in [-0.2, -0.15) is 0 Å². The van der Waals surface area contributed by atoms with E-state index in [0.717, 1.165) is 4.31 Å². The van der Waals surface area contributed by atoms with Crippen LogP contribution in [-0.4, -0.2) is 50.7 Å². The van der Waals surface area contributed by atoms with Crippen LogP contribution in [0.2, 0.25) is 0 Å². The van der Waals surface area contributed by atoms with Crippen molar-refractivity contribution < 1.29 is 13.2 Å². The van der Waals surface area contributed by atoms with Crippen molar-refractivity contribution in [2.75, 3.05) is 32.9 Å². The van der Waals surface area contributed by atoms with E-state index in [4.69, 9.17) is 5.73 Å². The highest BCUT2D eigenvalue weighted by Gasteiger charge is 2.22. The number of amides is 1. The highest BCUT2D eigenvalue weighted by Crippen LogP contribution is 2.21. The van der Waals surface area contributed by atoms with Gasteiger partial charge in [-0.1, -0.05) is 0 Å². The molecule has 0 radical (unpaired) electrons. The zero-order valence-corrected chi connectivity index (χ0v) is 13.1. The third-order valence-corrected chi connectivity index (χ3v) is 4.90. The SMILES string of the molecule is CCN(CC)C(=O)c1cc(S(=O)(=O)N(C)C)ccc1N. The molecule has 0 aliphatic rings. The van der Waals surface area contributed by atoms with Crippen molar-refractivity contribution in [2.24, 2.45) is 0 Å². The van der Waals surface area contributed by atoms with Gasteiger partial charge in [-0.25, -0.2) is 12.7 Å². The first-order valence-electron chi connectivity index (χ1n) is 6.37. The highest BCUT2D eigenvalue weighted by molar-refractivity contribution is 7.89. The van der Waals surface area contributed by atoms with Gasteiger partial charge in [0.05, 0.1) is 10.5 Å². The van der Waals surface area contributed by atoms with Gasteiger partial charge >= 0.3 is 0 Å². The standard InChI is InChI=1S/C13H21N3O3S/c1-5-16(6-2)13(17)11-9-10(7-8-12(11)14)20(18,19)15(3)4/h7-9H,5-6,14H2,1-4H3. The van der Waals surface area contributed by atoms with Crippen molar-refractivity contribution in [3.8, 4) is 0 Å². The number of carbonyl (C=O) groups is 1. The number of sulfonamides is 1. The molecule has 0 heterocycles. The van der Waals surface area contributed by atoms with E-state index in [1.54, 1.807) is 4.90 Å². The van der Waals surface area contributed by atoms with Crippen LogP contribution in [0.15, 0.2) is 23.1 Å². The Bertz CT molecular complexity index is 593. The lowest BCUT2D eigenvalue weighted by molar-refractivity contribution is 0.0774. The summed E-state index contributed by atoms with van der Waals surface area (Å²) in [5.74, 6) is -0.261. The minimum atomic E-state index is -3.58. The van der Waals surface area contributed by atoms with Crippen LogP contribution in [0.4, 0.5) is 5.69 Å². The van der Waals surface area contributed by atoms with Crippen LogP contribution in [0.3, 0.4) is 0 Å². The molecule has 112 valence electrons. The summed E-state index contributed by atoms with van der Waals surface area (Å²) in [6.07, 6.45) is 0. The van der Waals surface area contributed by atoms with Crippen LogP contribution in [0.1, 0.15) is 24.2 Å². The van der Waals surface area contributed by atoms with E-state index in [9.17, 15) is 13.2 Å². The molecule has 0 aliphatic heterocycles. The summed E-state index contributed by atoms with van der Waals surface area (Å²) < 4.78 is 25.3. The molecule has 0 spiro atoms. The number of nitrogen functional groups attached to an aromatic ring is 1. The monoisotopic (exact) mass is 299 g/mol. The number of anilines is 1. The molecule has 1 aromatic carbocycles. The second-order valence-electron chi connectivity index (χ2n) is 4.51. The van der Waals surface area contributed by atoms with Crippen LogP contribution in [0, 0.1) is 0 Å². The average Bonchev–Trinajstić information content (AvgIpc) is 2.39. The molecule has 20 heavy (non-hydrogen) atoms. The number of hydrogen-bond acceptors (Lipinski definition) is 4. The fraction of sp³-hybridized carbons (Fsp3) is 0.462. The molecule has 0 fully saturated rings. The molecule has 0 atom stereocenters. The van der Waals surface area contributed by atoms with E-state index in [2.05, 4.69) is 0 Å². The summed E-state index contributed by atoms with van der Waals surface area (Å²) in [5.41, 5.74) is 6.30. The Hall–Kier alpha value is -1.60. The fourth-order valence-electron chi connectivity index (χ4n) is 1.77. The smallest absolute Gasteiger partial charge is 0.255 e. The Morgan fingerprint density at radius 2 is 1.75 bits per heavy atom. The summed E-state index contributed by atoms with van der Waals surface area (Å²) in [6, 6.07) is 4.20. The van der Waals surface area contributed by atoms with Crippen LogP contribution >= 0.6 is 0 Å². The third-order valence-electron chi connectivity index (χ3n) is 3.08. The van der Waals surface area contributed by atoms with Crippen molar-refractivity contribution in [1.82, 2.24) is 9.21 Å². The first-order chi connectivity index (χ1) is 9.25. The number of nitrogens with two attached hydrogens (primary N) is 1. The topological polar surface area (TPSA) is 83.7 Å². The van der Waals surface area contributed by atoms with Crippen LogP contribution in [0.5, 0.6) is 0 Å². The van der Waals surface area contributed by atoms with Gasteiger partial charge in [0, 0.05) is 32.9 Å². The lowest BCUT2D eigenvalue weighted by atomic mass is 10.1. The summed E-state index contributed by atoms with van der Waals surface area (Å²) in [5, 5.41) is 0. The van der Waals surface area contributed by atoms with E-state index in [-0.39, 0.29) is 22.1 Å². The molecule has 6 nitrogen and oxygen atoms in total. The average molecular weight is 299 g/mol. The summed E-state index contributed by atoms with van der Waals surface area (Å²) in [7, 11) is -0.698. The minimum Gasteiger partial charge on any atom is -0.398 e. The van der Waals surface area contributed by atoms with Crippen LogP contribution in [0.25, 0.3) is 0 Å². The molecule has 1 amide bonds. The van der Waals surface area contributed by atoms with Crippen molar-refractivity contribution in [2.45, 2.75) is 18.7 Å². The molecule has 0 aliphatic carbocycles. The predicted molar refractivity (Wildman–Crippen MR) is 79.0 cm³/mol. The van der Waals surface area contributed by atoms with E-state index >= 15 is 0 Å². The molecule has 0 aromatic heterocycles. The van der Waals surface area contributed by atoms with Gasteiger partial charge < -0.3 is 10.6 Å². The quantitative estimate of drug-likeness (QED) is 0.822. The summed E-state index contributed by atoms with van der Waals surface area (Å²) in [4.78, 5) is 14.0. The molecule has 7 heteroatoms. The van der Waals surface area contributed by atoms with Crippen LogP contribution < -0.4 is 5.73 Å². The zero-order valence-electron chi connectivity index (χ0n) is 12.3. The van der Waals surface area contributed by atoms with Crippen molar-refractivity contribution in [3.05, 3.63) is 23.8 Å². The van der Waals surface area contributed by atoms with Crippen molar-refractivity contribution in [1.29, 1.82) is 0 Å². The minimum absolute atomic E-state index is 0.0622. The predicted octanol–water partition coefficient (Wildman–Crippen LogP) is 1.00. The third kappa shape index (κ3) is 3.10. The Labute approximate surface area is 120 Å². The summed E-state index contributed by atoms with van der Waals surface area (Å²) in [6.45, 7) is 4.80. The van der Waals surface area contributed by atoms with E-state index in [0.29, 0.717) is 13.1 Å². The molecule has 2 N–H and O–H groups in total. The van der Waals surface area contributed by atoms with Crippen molar-refractivity contribution >= 4 is 21.6 Å². The van der Waals surface area contributed by atoms with E-state index < -0.39 is 10.0 Å². The number of rotatable bonds is 5. The first kappa shape index (κ1) is 16.5. The molecular weight excluding hydrogens is 278 g/mol. The number of nitrogens with zero attached hydrogens (tertiary/aromatic N) is 2. The van der Waals surface area contributed by atoms with E-state index in [1.807, 2.05) is 13.8 Å². The Kier molecular flexibility index (Phi) is 5.13. The van der Waals surface area contributed by atoms with Gasteiger partial charge in [0.25, 0.3) is 5.91 Å². The van der Waals surface area contributed by atoms with Gasteiger partial charge in [0.2, 0.25) is 10.0 Å². The summed E-state index contributed by atoms with van der Waals surface area (Å²) >= 11 is 0. The number of carbonyl (C=O) groups excluding carboxylic acids is 1. The normalized spacial score (nSPS) is 11.7. The maximum absolute atomic E-state index is 12.3. The second kappa shape index (κ2) is 6.23. The molecule has 0 unspecified atom stereocenters.